The minimum absolute atomic E-state index is 0.0237. The fourth-order valence-electron chi connectivity index (χ4n) is 2.74. The summed E-state index contributed by atoms with van der Waals surface area (Å²) in [5.41, 5.74) is 5.26. The number of nitrogens with one attached hydrogen (secondary N) is 1. The van der Waals surface area contributed by atoms with Gasteiger partial charge >= 0.3 is 0 Å². The van der Waals surface area contributed by atoms with Crippen molar-refractivity contribution in [1.29, 1.82) is 0 Å². The van der Waals surface area contributed by atoms with Crippen molar-refractivity contribution in [3.63, 3.8) is 0 Å². The molecule has 7 nitrogen and oxygen atoms in total. The maximum Gasteiger partial charge on any atom is 0.289 e. The normalized spacial score (nSPS) is 21.8. The maximum absolute atomic E-state index is 12.6. The van der Waals surface area contributed by atoms with Crippen molar-refractivity contribution in [3.8, 4) is 0 Å². The number of carbonyl (C=O) groups is 1. The average molecular weight is 357 g/mol. The molecule has 0 aromatic carbocycles. The molecule has 0 spiro atoms. The van der Waals surface area contributed by atoms with E-state index >= 15 is 0 Å². The van der Waals surface area contributed by atoms with Gasteiger partial charge in [-0.3, -0.25) is 4.79 Å². The van der Waals surface area contributed by atoms with Crippen LogP contribution < -0.4 is 10.5 Å². The zero-order chi connectivity index (χ0) is 18.3. The number of carbonyl (C=O) groups excluding carboxylic acids is 1. The summed E-state index contributed by atoms with van der Waals surface area (Å²) in [6.45, 7) is 10.3. The molecule has 0 aliphatic carbocycles. The van der Waals surface area contributed by atoms with Crippen LogP contribution in [0.15, 0.2) is 21.6 Å². The van der Waals surface area contributed by atoms with Crippen LogP contribution in [0.2, 0.25) is 0 Å². The van der Waals surface area contributed by atoms with Gasteiger partial charge in [-0.25, -0.2) is 13.1 Å². The standard InChI is InChI=1S/C16H27N3O4S/c1-15(2,3)18-24(21,22)13-7-6-11(23-13)14(20)19-9-8-12(17)16(4,5)10-19/h6-7,12,18H,8-10,17H2,1-5H3. The first-order valence-corrected chi connectivity index (χ1v) is 9.49. The molecule has 1 atom stereocenters. The molecule has 0 radical (unpaired) electrons. The number of sulfonamides is 1. The van der Waals surface area contributed by atoms with Gasteiger partial charge in [-0.2, -0.15) is 0 Å². The summed E-state index contributed by atoms with van der Waals surface area (Å²) >= 11 is 0. The quantitative estimate of drug-likeness (QED) is 0.854. The molecule has 2 rings (SSSR count). The van der Waals surface area contributed by atoms with E-state index in [2.05, 4.69) is 4.72 Å². The number of nitrogens with zero attached hydrogens (tertiary/aromatic N) is 1. The van der Waals surface area contributed by atoms with Crippen molar-refractivity contribution in [2.24, 2.45) is 11.1 Å². The molecular formula is C16H27N3O4S. The number of amides is 1. The molecule has 1 unspecified atom stereocenters. The second-order valence-electron chi connectivity index (χ2n) is 8.08. The Labute approximate surface area is 143 Å². The Morgan fingerprint density at radius 3 is 2.54 bits per heavy atom. The van der Waals surface area contributed by atoms with E-state index in [1.807, 2.05) is 13.8 Å². The molecule has 24 heavy (non-hydrogen) atoms. The SMILES string of the molecule is CC(C)(C)NS(=O)(=O)c1ccc(C(=O)N2CCC(N)C(C)(C)C2)o1. The van der Waals surface area contributed by atoms with Gasteiger partial charge in [0.05, 0.1) is 0 Å². The summed E-state index contributed by atoms with van der Waals surface area (Å²) in [6.07, 6.45) is 0.705. The molecule has 1 aliphatic heterocycles. The monoisotopic (exact) mass is 357 g/mol. The summed E-state index contributed by atoms with van der Waals surface area (Å²) in [5, 5.41) is -0.256. The second kappa shape index (κ2) is 6.16. The number of likely N-dealkylation sites (tertiary alicyclic amines) is 1. The summed E-state index contributed by atoms with van der Waals surface area (Å²) in [7, 11) is -3.80. The molecule has 136 valence electrons. The Morgan fingerprint density at radius 2 is 2.00 bits per heavy atom. The van der Waals surface area contributed by atoms with Gasteiger partial charge in [0.25, 0.3) is 15.9 Å². The molecule has 0 saturated carbocycles. The zero-order valence-electron chi connectivity index (χ0n) is 14.9. The number of rotatable bonds is 3. The Balaban J connectivity index is 2.17. The Hall–Kier alpha value is -1.38. The third kappa shape index (κ3) is 4.17. The minimum atomic E-state index is -3.80. The van der Waals surface area contributed by atoms with E-state index in [4.69, 9.17) is 10.2 Å². The third-order valence-corrected chi connectivity index (χ3v) is 5.73. The number of furan rings is 1. The van der Waals surface area contributed by atoms with Crippen molar-refractivity contribution < 1.29 is 17.6 Å². The zero-order valence-corrected chi connectivity index (χ0v) is 15.7. The van der Waals surface area contributed by atoms with Crippen molar-refractivity contribution in [3.05, 3.63) is 17.9 Å². The maximum atomic E-state index is 12.6. The Bertz CT molecular complexity index is 716. The van der Waals surface area contributed by atoms with Crippen LogP contribution in [0.3, 0.4) is 0 Å². The molecule has 8 heteroatoms. The van der Waals surface area contributed by atoms with Gasteiger partial charge < -0.3 is 15.1 Å². The van der Waals surface area contributed by atoms with Crippen LogP contribution in [-0.2, 0) is 10.0 Å². The molecule has 1 fully saturated rings. The predicted octanol–water partition coefficient (Wildman–Crippen LogP) is 1.56. The van der Waals surface area contributed by atoms with Crippen LogP contribution >= 0.6 is 0 Å². The van der Waals surface area contributed by atoms with Crippen molar-refractivity contribution in [2.75, 3.05) is 13.1 Å². The highest BCUT2D eigenvalue weighted by molar-refractivity contribution is 7.89. The topological polar surface area (TPSA) is 106 Å². The molecule has 1 aliphatic rings. The van der Waals surface area contributed by atoms with Gasteiger partial charge in [0.15, 0.2) is 5.76 Å². The van der Waals surface area contributed by atoms with Gasteiger partial charge in [-0.1, -0.05) is 13.8 Å². The number of hydrogen-bond donors (Lipinski definition) is 2. The van der Waals surface area contributed by atoms with Crippen molar-refractivity contribution >= 4 is 15.9 Å². The lowest BCUT2D eigenvalue weighted by atomic mass is 9.79. The van der Waals surface area contributed by atoms with E-state index in [0.717, 1.165) is 0 Å². The van der Waals surface area contributed by atoms with Crippen LogP contribution in [0.5, 0.6) is 0 Å². The molecular weight excluding hydrogens is 330 g/mol. The molecule has 3 N–H and O–H groups in total. The van der Waals surface area contributed by atoms with Crippen LogP contribution in [0.25, 0.3) is 0 Å². The van der Waals surface area contributed by atoms with Gasteiger partial charge in [-0.05, 0) is 44.7 Å². The molecule has 2 heterocycles. The van der Waals surface area contributed by atoms with Crippen LogP contribution in [0.1, 0.15) is 51.6 Å². The minimum Gasteiger partial charge on any atom is -0.438 e. The highest BCUT2D eigenvalue weighted by Crippen LogP contribution is 2.29. The van der Waals surface area contributed by atoms with E-state index in [0.29, 0.717) is 19.5 Å². The Kier molecular flexibility index (Phi) is 4.87. The van der Waals surface area contributed by atoms with Gasteiger partial charge in [0, 0.05) is 24.7 Å². The molecule has 0 bridgehead atoms. The summed E-state index contributed by atoms with van der Waals surface area (Å²) < 4.78 is 32.4. The van der Waals surface area contributed by atoms with E-state index in [9.17, 15) is 13.2 Å². The molecule has 1 aromatic heterocycles. The van der Waals surface area contributed by atoms with Crippen LogP contribution in [0.4, 0.5) is 0 Å². The predicted molar refractivity (Wildman–Crippen MR) is 91.1 cm³/mol. The first kappa shape index (κ1) is 19.0. The first-order valence-electron chi connectivity index (χ1n) is 8.00. The fraction of sp³-hybridized carbons (Fsp3) is 0.688. The number of hydrogen-bond acceptors (Lipinski definition) is 5. The lowest BCUT2D eigenvalue weighted by Crippen LogP contribution is -2.53. The first-order chi connectivity index (χ1) is 10.8. The summed E-state index contributed by atoms with van der Waals surface area (Å²) in [5.74, 6) is -0.289. The van der Waals surface area contributed by atoms with E-state index < -0.39 is 15.6 Å². The lowest BCUT2D eigenvalue weighted by molar-refractivity contribution is 0.0498. The fourth-order valence-corrected chi connectivity index (χ4v) is 4.09. The van der Waals surface area contributed by atoms with E-state index in [1.54, 1.807) is 25.7 Å². The average Bonchev–Trinajstić information content (AvgIpc) is 2.88. The highest BCUT2D eigenvalue weighted by atomic mass is 32.2. The molecule has 1 saturated heterocycles. The highest BCUT2D eigenvalue weighted by Gasteiger charge is 2.36. The van der Waals surface area contributed by atoms with E-state index in [1.165, 1.54) is 12.1 Å². The molecule has 1 amide bonds. The van der Waals surface area contributed by atoms with Crippen LogP contribution in [-0.4, -0.2) is 43.9 Å². The largest absolute Gasteiger partial charge is 0.438 e. The van der Waals surface area contributed by atoms with Crippen molar-refractivity contribution in [1.82, 2.24) is 9.62 Å². The number of nitrogens with two attached hydrogens (primary N) is 1. The van der Waals surface area contributed by atoms with Gasteiger partial charge in [0.1, 0.15) is 0 Å². The second-order valence-corrected chi connectivity index (χ2v) is 9.70. The van der Waals surface area contributed by atoms with Gasteiger partial charge in [-0.15, -0.1) is 0 Å². The smallest absolute Gasteiger partial charge is 0.289 e. The summed E-state index contributed by atoms with van der Waals surface area (Å²) in [6, 6.07) is 2.74. The molecule has 1 aromatic rings. The van der Waals surface area contributed by atoms with Crippen LogP contribution in [0, 0.1) is 5.41 Å². The van der Waals surface area contributed by atoms with E-state index in [-0.39, 0.29) is 28.2 Å². The van der Waals surface area contributed by atoms with Gasteiger partial charge in [0.2, 0.25) is 5.09 Å². The summed E-state index contributed by atoms with van der Waals surface area (Å²) in [4.78, 5) is 14.3. The Morgan fingerprint density at radius 1 is 1.38 bits per heavy atom. The third-order valence-electron chi connectivity index (χ3n) is 4.10. The number of piperidine rings is 1. The van der Waals surface area contributed by atoms with Crippen molar-refractivity contribution in [2.45, 2.75) is 57.7 Å². The lowest BCUT2D eigenvalue weighted by Gasteiger charge is -2.42.